The van der Waals surface area contributed by atoms with Gasteiger partial charge in [0, 0.05) is 5.92 Å². The molecule has 0 aromatic heterocycles. The molecular weight excluding hydrogens is 148 g/mol. The lowest BCUT2D eigenvalue weighted by Gasteiger charge is -2.37. The van der Waals surface area contributed by atoms with Crippen molar-refractivity contribution in [1.82, 2.24) is 0 Å². The van der Waals surface area contributed by atoms with E-state index in [4.69, 9.17) is 0 Å². The Balaban J connectivity index is 2.62. The van der Waals surface area contributed by atoms with Gasteiger partial charge in [-0.2, -0.15) is 0 Å². The second-order valence-corrected chi connectivity index (χ2v) is 4.55. The summed E-state index contributed by atoms with van der Waals surface area (Å²) in [4.78, 5) is 11.2. The van der Waals surface area contributed by atoms with Crippen molar-refractivity contribution in [3.8, 4) is 0 Å². The van der Waals surface area contributed by atoms with Crippen LogP contribution in [-0.2, 0) is 4.79 Å². The Morgan fingerprint density at radius 1 is 1.25 bits per heavy atom. The highest BCUT2D eigenvalue weighted by Gasteiger charge is 2.34. The molecule has 0 heterocycles. The highest BCUT2D eigenvalue weighted by Crippen LogP contribution is 2.42. The number of hydrogen-bond acceptors (Lipinski definition) is 1. The second kappa shape index (κ2) is 3.59. The summed E-state index contributed by atoms with van der Waals surface area (Å²) >= 11 is 0. The topological polar surface area (TPSA) is 17.1 Å². The first-order valence-corrected chi connectivity index (χ1v) is 5.07. The van der Waals surface area contributed by atoms with Crippen molar-refractivity contribution in [3.05, 3.63) is 0 Å². The minimum absolute atomic E-state index is 0.262. The summed E-state index contributed by atoms with van der Waals surface area (Å²) in [5.74, 6) is 0.622. The third kappa shape index (κ3) is 1.88. The fourth-order valence-corrected chi connectivity index (χ4v) is 2.28. The molecule has 0 bridgehead atoms. The summed E-state index contributed by atoms with van der Waals surface area (Å²) in [5.41, 5.74) is 0.310. The van der Waals surface area contributed by atoms with Crippen LogP contribution in [0.5, 0.6) is 0 Å². The predicted molar refractivity (Wildman–Crippen MR) is 51.0 cm³/mol. The molecule has 70 valence electrons. The Morgan fingerprint density at radius 3 is 2.17 bits per heavy atom. The van der Waals surface area contributed by atoms with E-state index in [2.05, 4.69) is 13.8 Å². The Morgan fingerprint density at radius 2 is 1.75 bits per heavy atom. The molecular formula is C11H20O. The van der Waals surface area contributed by atoms with Crippen molar-refractivity contribution in [2.45, 2.75) is 52.9 Å². The van der Waals surface area contributed by atoms with Crippen LogP contribution in [-0.4, -0.2) is 5.78 Å². The van der Waals surface area contributed by atoms with Crippen molar-refractivity contribution in [1.29, 1.82) is 0 Å². The first kappa shape index (κ1) is 9.76. The van der Waals surface area contributed by atoms with Gasteiger partial charge >= 0.3 is 0 Å². The number of hydrogen-bond donors (Lipinski definition) is 0. The average Bonchev–Trinajstić information content (AvgIpc) is 2.04. The minimum atomic E-state index is 0.262. The number of rotatable bonds is 2. The van der Waals surface area contributed by atoms with Gasteiger partial charge in [-0.05, 0) is 25.2 Å². The predicted octanol–water partition coefficient (Wildman–Crippen LogP) is 3.18. The fraction of sp³-hybridized carbons (Fsp3) is 0.909. The molecule has 0 amide bonds. The van der Waals surface area contributed by atoms with Crippen LogP contribution in [0.2, 0.25) is 0 Å². The van der Waals surface area contributed by atoms with Gasteiger partial charge in [-0.3, -0.25) is 4.79 Å². The SMILES string of the molecule is CC(=O)C(C)C1(C)CCCCC1. The van der Waals surface area contributed by atoms with Crippen LogP contribution in [0.1, 0.15) is 52.9 Å². The quantitative estimate of drug-likeness (QED) is 0.619. The van der Waals surface area contributed by atoms with Crippen molar-refractivity contribution < 1.29 is 4.79 Å². The van der Waals surface area contributed by atoms with Crippen molar-refractivity contribution in [2.24, 2.45) is 11.3 Å². The summed E-state index contributed by atoms with van der Waals surface area (Å²) in [6, 6.07) is 0. The zero-order valence-electron chi connectivity index (χ0n) is 8.52. The lowest BCUT2D eigenvalue weighted by atomic mass is 9.67. The molecule has 0 spiro atoms. The van der Waals surface area contributed by atoms with Crippen molar-refractivity contribution >= 4 is 5.78 Å². The van der Waals surface area contributed by atoms with Crippen LogP contribution >= 0.6 is 0 Å². The van der Waals surface area contributed by atoms with Gasteiger partial charge in [0.2, 0.25) is 0 Å². The van der Waals surface area contributed by atoms with E-state index in [1.165, 1.54) is 32.1 Å². The van der Waals surface area contributed by atoms with Gasteiger partial charge in [-0.1, -0.05) is 33.1 Å². The molecule has 0 radical (unpaired) electrons. The van der Waals surface area contributed by atoms with Gasteiger partial charge < -0.3 is 0 Å². The summed E-state index contributed by atoms with van der Waals surface area (Å²) in [6.45, 7) is 6.09. The van der Waals surface area contributed by atoms with Crippen LogP contribution in [0.25, 0.3) is 0 Å². The summed E-state index contributed by atoms with van der Waals surface area (Å²) < 4.78 is 0. The molecule has 1 fully saturated rings. The maximum atomic E-state index is 11.2. The Kier molecular flexibility index (Phi) is 2.92. The van der Waals surface area contributed by atoms with Crippen LogP contribution in [0.3, 0.4) is 0 Å². The van der Waals surface area contributed by atoms with E-state index >= 15 is 0 Å². The van der Waals surface area contributed by atoms with Crippen molar-refractivity contribution in [2.75, 3.05) is 0 Å². The van der Waals surface area contributed by atoms with Gasteiger partial charge in [0.1, 0.15) is 5.78 Å². The second-order valence-electron chi connectivity index (χ2n) is 4.55. The molecule has 12 heavy (non-hydrogen) atoms. The van der Waals surface area contributed by atoms with Gasteiger partial charge in [0.05, 0.1) is 0 Å². The Bertz CT molecular complexity index is 166. The fourth-order valence-electron chi connectivity index (χ4n) is 2.28. The maximum absolute atomic E-state index is 11.2. The van der Waals surface area contributed by atoms with E-state index in [1.54, 1.807) is 6.92 Å². The van der Waals surface area contributed by atoms with Crippen LogP contribution in [0.4, 0.5) is 0 Å². The third-order valence-corrected chi connectivity index (χ3v) is 3.65. The minimum Gasteiger partial charge on any atom is -0.300 e. The Labute approximate surface area is 75.5 Å². The summed E-state index contributed by atoms with van der Waals surface area (Å²) in [7, 11) is 0. The third-order valence-electron chi connectivity index (χ3n) is 3.65. The molecule has 1 unspecified atom stereocenters. The van der Waals surface area contributed by atoms with E-state index < -0.39 is 0 Å². The number of carbonyl (C=O) groups excluding carboxylic acids is 1. The largest absolute Gasteiger partial charge is 0.300 e. The first-order valence-electron chi connectivity index (χ1n) is 5.07. The van der Waals surface area contributed by atoms with Crippen molar-refractivity contribution in [3.63, 3.8) is 0 Å². The molecule has 0 aromatic carbocycles. The average molecular weight is 168 g/mol. The smallest absolute Gasteiger partial charge is 0.133 e. The van der Waals surface area contributed by atoms with E-state index in [0.29, 0.717) is 11.2 Å². The number of Topliss-reactive ketones (excluding diaryl/α,β-unsaturated/α-hetero) is 1. The molecule has 1 rings (SSSR count). The monoisotopic (exact) mass is 168 g/mol. The highest BCUT2D eigenvalue weighted by atomic mass is 16.1. The molecule has 0 N–H and O–H groups in total. The van der Waals surface area contributed by atoms with E-state index in [9.17, 15) is 4.79 Å². The molecule has 1 heteroatoms. The maximum Gasteiger partial charge on any atom is 0.133 e. The molecule has 1 nitrogen and oxygen atoms in total. The van der Waals surface area contributed by atoms with Gasteiger partial charge in [-0.15, -0.1) is 0 Å². The van der Waals surface area contributed by atoms with Gasteiger partial charge in [0.25, 0.3) is 0 Å². The van der Waals surface area contributed by atoms with E-state index in [-0.39, 0.29) is 5.92 Å². The molecule has 1 saturated carbocycles. The van der Waals surface area contributed by atoms with Crippen LogP contribution in [0, 0.1) is 11.3 Å². The molecule has 0 aromatic rings. The van der Waals surface area contributed by atoms with Gasteiger partial charge in [-0.25, -0.2) is 0 Å². The molecule has 0 saturated heterocycles. The standard InChI is InChI=1S/C11H20O/c1-9(10(2)12)11(3)7-5-4-6-8-11/h9H,4-8H2,1-3H3. The zero-order valence-corrected chi connectivity index (χ0v) is 8.52. The molecule has 1 aliphatic rings. The van der Waals surface area contributed by atoms with Crippen LogP contribution < -0.4 is 0 Å². The van der Waals surface area contributed by atoms with E-state index in [1.807, 2.05) is 0 Å². The zero-order chi connectivity index (χ0) is 9.19. The summed E-state index contributed by atoms with van der Waals surface area (Å²) in [5, 5.41) is 0. The lowest BCUT2D eigenvalue weighted by molar-refractivity contribution is -0.124. The van der Waals surface area contributed by atoms with Gasteiger partial charge in [0.15, 0.2) is 0 Å². The Hall–Kier alpha value is -0.330. The molecule has 0 aliphatic heterocycles. The number of carbonyl (C=O) groups is 1. The highest BCUT2D eigenvalue weighted by molar-refractivity contribution is 5.78. The summed E-state index contributed by atoms with van der Waals surface area (Å²) in [6.07, 6.45) is 6.48. The molecule has 1 aliphatic carbocycles. The lowest BCUT2D eigenvalue weighted by Crippen LogP contribution is -2.32. The normalized spacial score (nSPS) is 24.9. The van der Waals surface area contributed by atoms with E-state index in [0.717, 1.165) is 0 Å². The number of ketones is 1. The molecule has 1 atom stereocenters. The van der Waals surface area contributed by atoms with Crippen LogP contribution in [0.15, 0.2) is 0 Å². The first-order chi connectivity index (χ1) is 5.56.